The summed E-state index contributed by atoms with van der Waals surface area (Å²) in [5, 5.41) is 6.95. The van der Waals surface area contributed by atoms with E-state index in [-0.39, 0.29) is 18.2 Å². The van der Waals surface area contributed by atoms with Gasteiger partial charge in [-0.2, -0.15) is 10.2 Å². The number of ether oxygens (including phenoxy) is 5. The summed E-state index contributed by atoms with van der Waals surface area (Å²) in [5.41, 5.74) is 6.96. The van der Waals surface area contributed by atoms with Crippen LogP contribution >= 0.6 is 7.75 Å². The third kappa shape index (κ3) is 8.75. The van der Waals surface area contributed by atoms with Crippen LogP contribution in [-0.4, -0.2) is 82.8 Å². The predicted molar refractivity (Wildman–Crippen MR) is 173 cm³/mol. The summed E-state index contributed by atoms with van der Waals surface area (Å²) in [7, 11) is -4.37. The summed E-state index contributed by atoms with van der Waals surface area (Å²) < 4.78 is 56.6. The van der Waals surface area contributed by atoms with E-state index in [1.54, 1.807) is 70.2 Å². The Hall–Kier alpha value is -4.08. The number of aromatic nitrogens is 3. The summed E-state index contributed by atoms with van der Waals surface area (Å²) in [6, 6.07) is 10.5. The lowest BCUT2D eigenvalue weighted by molar-refractivity contribution is -0.171. The highest BCUT2D eigenvalue weighted by molar-refractivity contribution is 7.52. The number of nitrogens with two attached hydrogens (primary N) is 1. The minimum Gasteiger partial charge on any atom is -0.459 e. The number of nitrogen functional groups attached to an aromatic ring is 1. The average molecular weight is 704 g/mol. The van der Waals surface area contributed by atoms with Crippen molar-refractivity contribution in [2.75, 3.05) is 25.6 Å². The van der Waals surface area contributed by atoms with E-state index in [0.29, 0.717) is 24.2 Å². The quantitative estimate of drug-likeness (QED) is 0.140. The monoisotopic (exact) mass is 703 g/mol. The van der Waals surface area contributed by atoms with Gasteiger partial charge in [0.05, 0.1) is 37.4 Å². The Bertz CT molecular complexity index is 1660. The summed E-state index contributed by atoms with van der Waals surface area (Å²) >= 11 is 0. The van der Waals surface area contributed by atoms with Gasteiger partial charge in [-0.25, -0.2) is 14.1 Å². The smallest absolute Gasteiger partial charge is 0.459 e. The molecule has 5 rings (SSSR count). The summed E-state index contributed by atoms with van der Waals surface area (Å²) in [6.07, 6.45) is -3.20. The van der Waals surface area contributed by atoms with Crippen LogP contribution in [0.25, 0.3) is 5.52 Å². The second-order valence-electron chi connectivity index (χ2n) is 12.4. The second-order valence-corrected chi connectivity index (χ2v) is 14.1. The van der Waals surface area contributed by atoms with Gasteiger partial charge >= 0.3 is 25.7 Å². The highest BCUT2D eigenvalue weighted by Crippen LogP contribution is 2.47. The molecule has 2 fully saturated rings. The molecule has 3 N–H and O–H groups in total. The fourth-order valence-electron chi connectivity index (χ4n) is 5.14. The van der Waals surface area contributed by atoms with E-state index in [4.69, 9.17) is 38.5 Å². The lowest BCUT2D eigenvalue weighted by Crippen LogP contribution is -2.42. The van der Waals surface area contributed by atoms with Crippen molar-refractivity contribution in [1.29, 1.82) is 0 Å². The van der Waals surface area contributed by atoms with Crippen molar-refractivity contribution in [3.05, 3.63) is 54.5 Å². The minimum absolute atomic E-state index is 0.191. The number of fused-ring (bicyclic) bond motifs is 1. The van der Waals surface area contributed by atoms with E-state index in [1.807, 2.05) is 0 Å². The number of benzene rings is 1. The number of hydrogen-bond acceptors (Lipinski definition) is 14. The SMILES string of the molecule is CC(C)C(=O)O[C@@H]1[C@H](OC(=O)C(C)C)[C@@H](CO[P@@](=O)(N[C@@H](C)C(=O)O[C@H]2CCOC2)Oc2ccccc2)O[C@H]1c1ccc2c(N)ncnn12. The van der Waals surface area contributed by atoms with Crippen LogP contribution in [0.1, 0.15) is 52.8 Å². The summed E-state index contributed by atoms with van der Waals surface area (Å²) in [4.78, 5) is 42.9. The first-order chi connectivity index (χ1) is 23.3. The number of nitrogens with one attached hydrogen (secondary N) is 1. The maximum absolute atomic E-state index is 14.3. The van der Waals surface area contributed by atoms with E-state index in [9.17, 15) is 18.9 Å². The van der Waals surface area contributed by atoms with Crippen LogP contribution in [0.4, 0.5) is 5.82 Å². The first-order valence-electron chi connectivity index (χ1n) is 16.0. The van der Waals surface area contributed by atoms with E-state index in [1.165, 1.54) is 17.8 Å². The number of carbonyl (C=O) groups is 3. The van der Waals surface area contributed by atoms with Gasteiger partial charge in [-0.3, -0.25) is 18.9 Å². The third-order valence-electron chi connectivity index (χ3n) is 7.81. The molecule has 266 valence electrons. The van der Waals surface area contributed by atoms with Gasteiger partial charge in [0, 0.05) is 6.42 Å². The fraction of sp³-hybridized carbons (Fsp3) is 0.531. The number of esters is 3. The van der Waals surface area contributed by atoms with Crippen molar-refractivity contribution in [2.24, 2.45) is 11.8 Å². The largest absolute Gasteiger partial charge is 0.459 e. The second kappa shape index (κ2) is 15.6. The highest BCUT2D eigenvalue weighted by atomic mass is 31.2. The molecule has 0 aliphatic carbocycles. The molecule has 2 aliphatic rings. The molecule has 0 bridgehead atoms. The number of nitrogens with zero attached hydrogens (tertiary/aromatic N) is 3. The molecule has 7 atom stereocenters. The van der Waals surface area contributed by atoms with Crippen molar-refractivity contribution in [3.63, 3.8) is 0 Å². The van der Waals surface area contributed by atoms with Crippen LogP contribution in [0.3, 0.4) is 0 Å². The molecule has 2 saturated heterocycles. The zero-order valence-corrected chi connectivity index (χ0v) is 28.8. The fourth-order valence-corrected chi connectivity index (χ4v) is 6.65. The third-order valence-corrected chi connectivity index (χ3v) is 9.46. The normalized spacial score (nSPS) is 24.1. The van der Waals surface area contributed by atoms with Crippen LogP contribution in [0.5, 0.6) is 5.75 Å². The lowest BCUT2D eigenvalue weighted by atomic mass is 10.0. The van der Waals surface area contributed by atoms with Crippen molar-refractivity contribution < 1.29 is 51.7 Å². The molecule has 0 amide bonds. The van der Waals surface area contributed by atoms with E-state index in [0.717, 1.165) is 0 Å². The van der Waals surface area contributed by atoms with E-state index in [2.05, 4.69) is 15.2 Å². The predicted octanol–water partition coefficient (Wildman–Crippen LogP) is 3.40. The molecule has 17 heteroatoms. The molecule has 0 radical (unpaired) electrons. The van der Waals surface area contributed by atoms with Crippen molar-refractivity contribution in [2.45, 2.75) is 77.6 Å². The zero-order valence-electron chi connectivity index (χ0n) is 27.9. The number of hydrogen-bond donors (Lipinski definition) is 2. The topological polar surface area (TPSA) is 201 Å². The van der Waals surface area contributed by atoms with Crippen molar-refractivity contribution >= 4 is 37.0 Å². The van der Waals surface area contributed by atoms with Gasteiger partial charge in [0.1, 0.15) is 41.9 Å². The summed E-state index contributed by atoms with van der Waals surface area (Å²) in [6.45, 7) is 8.35. The number of rotatable bonds is 14. The van der Waals surface area contributed by atoms with Gasteiger partial charge in [-0.05, 0) is 31.2 Å². The Balaban J connectivity index is 1.45. The average Bonchev–Trinajstić information content (AvgIpc) is 3.81. The molecule has 0 spiro atoms. The van der Waals surface area contributed by atoms with Crippen molar-refractivity contribution in [1.82, 2.24) is 19.7 Å². The Morgan fingerprint density at radius 1 is 0.980 bits per heavy atom. The Kier molecular flexibility index (Phi) is 11.6. The van der Waals surface area contributed by atoms with Gasteiger partial charge in [-0.15, -0.1) is 0 Å². The molecule has 0 saturated carbocycles. The van der Waals surface area contributed by atoms with Crippen LogP contribution in [0, 0.1) is 11.8 Å². The maximum atomic E-state index is 14.3. The molecule has 16 nitrogen and oxygen atoms in total. The standard InChI is InChI=1S/C32H42N5O11P/c1-18(2)30(38)46-27-25(45-26(28(27)47-31(39)19(3)4)23-11-12-24-29(33)34-17-35-37(23)24)16-43-49(41,48-21-9-7-6-8-10-21)36-20(5)32(40)44-22-13-14-42-15-22/h6-12,17-20,22,25-28H,13-16H2,1-5H3,(H,36,41)(H2,33,34,35)/t20-,22-,25+,26-,27+,28-,49-/m0/s1. The van der Waals surface area contributed by atoms with Gasteiger partial charge in [0.15, 0.2) is 18.0 Å². The number of carbonyl (C=O) groups excluding carboxylic acids is 3. The lowest BCUT2D eigenvalue weighted by Gasteiger charge is -2.27. The zero-order chi connectivity index (χ0) is 35.3. The molecule has 49 heavy (non-hydrogen) atoms. The van der Waals surface area contributed by atoms with Gasteiger partial charge in [-0.1, -0.05) is 45.9 Å². The molecule has 2 aliphatic heterocycles. The minimum atomic E-state index is -4.37. The van der Waals surface area contributed by atoms with Crippen LogP contribution in [-0.2, 0) is 47.2 Å². The molecule has 1 aromatic carbocycles. The Morgan fingerprint density at radius 2 is 1.67 bits per heavy atom. The highest BCUT2D eigenvalue weighted by Gasteiger charge is 2.52. The molecule has 3 aromatic rings. The summed E-state index contributed by atoms with van der Waals surface area (Å²) in [5.74, 6) is -2.52. The first-order valence-corrected chi connectivity index (χ1v) is 17.6. The molecular weight excluding hydrogens is 661 g/mol. The van der Waals surface area contributed by atoms with Gasteiger partial charge in [0.25, 0.3) is 0 Å². The number of para-hydroxylation sites is 1. The van der Waals surface area contributed by atoms with Crippen molar-refractivity contribution in [3.8, 4) is 5.75 Å². The van der Waals surface area contributed by atoms with Crippen LogP contribution in [0.15, 0.2) is 48.8 Å². The van der Waals surface area contributed by atoms with Gasteiger partial charge < -0.3 is 33.9 Å². The Morgan fingerprint density at radius 3 is 2.33 bits per heavy atom. The van der Waals surface area contributed by atoms with E-state index < -0.39 is 80.7 Å². The maximum Gasteiger partial charge on any atom is 0.459 e. The van der Waals surface area contributed by atoms with E-state index >= 15 is 0 Å². The molecule has 4 heterocycles. The molecule has 2 aromatic heterocycles. The van der Waals surface area contributed by atoms with Gasteiger partial charge in [0.2, 0.25) is 0 Å². The number of anilines is 1. The first kappa shape index (κ1) is 36.2. The van der Waals surface area contributed by atoms with Crippen LogP contribution < -0.4 is 15.3 Å². The Labute approximate surface area is 283 Å². The van der Waals surface area contributed by atoms with Crippen LogP contribution in [0.2, 0.25) is 0 Å². The molecular formula is C32H42N5O11P. The molecule has 0 unspecified atom stereocenters.